The molecule has 4 nitrogen and oxygen atoms in total. The normalized spacial score (nSPS) is 36.2. The second-order valence-corrected chi connectivity index (χ2v) is 13.0. The molecule has 184 valence electrons. The number of rotatable bonds is 4. The monoisotopic (exact) mass is 448 g/mol. The molecular formula is C27H49FN4. The van der Waals surface area contributed by atoms with Crippen LogP contribution >= 0.6 is 0 Å². The highest BCUT2D eigenvalue weighted by molar-refractivity contribution is 5.06. The van der Waals surface area contributed by atoms with Gasteiger partial charge in [0.2, 0.25) is 0 Å². The van der Waals surface area contributed by atoms with Crippen molar-refractivity contribution in [3.05, 3.63) is 0 Å². The lowest BCUT2D eigenvalue weighted by Gasteiger charge is -2.59. The number of piperidine rings is 4. The maximum Gasteiger partial charge on any atom is 0.123 e. The van der Waals surface area contributed by atoms with Gasteiger partial charge in [-0.1, -0.05) is 0 Å². The van der Waals surface area contributed by atoms with Crippen LogP contribution in [-0.2, 0) is 0 Å². The molecule has 1 saturated carbocycles. The highest BCUT2D eigenvalue weighted by atomic mass is 19.1. The first-order chi connectivity index (χ1) is 15.2. The lowest BCUT2D eigenvalue weighted by atomic mass is 9.58. The Kier molecular flexibility index (Phi) is 6.44. The van der Waals surface area contributed by atoms with E-state index in [1.165, 1.54) is 77.7 Å². The molecule has 0 amide bonds. The molecule has 5 rings (SSSR count). The van der Waals surface area contributed by atoms with Crippen molar-refractivity contribution in [2.75, 3.05) is 66.5 Å². The zero-order valence-corrected chi connectivity index (χ0v) is 21.4. The van der Waals surface area contributed by atoms with Crippen LogP contribution in [-0.4, -0.2) is 104 Å². The van der Waals surface area contributed by atoms with Crippen molar-refractivity contribution < 1.29 is 4.39 Å². The van der Waals surface area contributed by atoms with E-state index in [1.54, 1.807) is 0 Å². The first-order valence-electron chi connectivity index (χ1n) is 13.8. The average Bonchev–Trinajstić information content (AvgIpc) is 3.50. The van der Waals surface area contributed by atoms with Gasteiger partial charge < -0.3 is 19.6 Å². The maximum atomic E-state index is 14.4. The van der Waals surface area contributed by atoms with Crippen molar-refractivity contribution in [2.45, 2.75) is 89.4 Å². The van der Waals surface area contributed by atoms with E-state index in [-0.39, 0.29) is 0 Å². The van der Waals surface area contributed by atoms with E-state index in [4.69, 9.17) is 0 Å². The highest BCUT2D eigenvalue weighted by Crippen LogP contribution is 2.53. The van der Waals surface area contributed by atoms with Crippen molar-refractivity contribution in [3.8, 4) is 0 Å². The third kappa shape index (κ3) is 4.65. The van der Waals surface area contributed by atoms with Crippen LogP contribution in [0.3, 0.4) is 0 Å². The van der Waals surface area contributed by atoms with E-state index in [0.717, 1.165) is 37.9 Å². The molecule has 0 aromatic heterocycles. The SMILES string of the molecule is CC(C)N1CCC2(CCN(C)C(C3CN(C)CCC34CCN(CC3(F)CC3)CC4)C2)CC1. The van der Waals surface area contributed by atoms with Gasteiger partial charge in [-0.25, -0.2) is 4.39 Å². The van der Waals surface area contributed by atoms with Crippen LogP contribution in [0.5, 0.6) is 0 Å². The summed E-state index contributed by atoms with van der Waals surface area (Å²) in [5, 5.41) is 0. The largest absolute Gasteiger partial charge is 0.306 e. The first-order valence-corrected chi connectivity index (χ1v) is 13.8. The molecule has 5 aliphatic rings. The van der Waals surface area contributed by atoms with Crippen LogP contribution in [0.2, 0.25) is 0 Å². The predicted molar refractivity (Wildman–Crippen MR) is 131 cm³/mol. The van der Waals surface area contributed by atoms with Gasteiger partial charge >= 0.3 is 0 Å². The molecule has 0 aromatic carbocycles. The Morgan fingerprint density at radius 1 is 0.812 bits per heavy atom. The molecule has 0 aromatic rings. The molecule has 5 heteroatoms. The topological polar surface area (TPSA) is 13.0 Å². The number of alkyl halides is 1. The smallest absolute Gasteiger partial charge is 0.123 e. The minimum Gasteiger partial charge on any atom is -0.306 e. The van der Waals surface area contributed by atoms with Gasteiger partial charge in [-0.15, -0.1) is 0 Å². The van der Waals surface area contributed by atoms with Gasteiger partial charge in [-0.2, -0.15) is 0 Å². The Balaban J connectivity index is 1.29. The standard InChI is InChI=1S/C27H49FN4/c1-22(2)32-17-8-25(9-18-32)7-14-30(4)24(19-25)23-20-29(3)13-10-26(23)11-15-31(16-12-26)21-27(28)5-6-27/h22-24H,5-21H2,1-4H3. The summed E-state index contributed by atoms with van der Waals surface area (Å²) in [6, 6.07) is 1.41. The Morgan fingerprint density at radius 2 is 1.44 bits per heavy atom. The van der Waals surface area contributed by atoms with Gasteiger partial charge in [-0.05, 0) is 142 Å². The van der Waals surface area contributed by atoms with Crippen LogP contribution < -0.4 is 0 Å². The second kappa shape index (κ2) is 8.77. The summed E-state index contributed by atoms with van der Waals surface area (Å²) in [7, 11) is 4.76. The Morgan fingerprint density at radius 3 is 2.06 bits per heavy atom. The predicted octanol–water partition coefficient (Wildman–Crippen LogP) is 4.11. The summed E-state index contributed by atoms with van der Waals surface area (Å²) in [6.45, 7) is 14.0. The molecule has 32 heavy (non-hydrogen) atoms. The minimum atomic E-state index is -0.836. The van der Waals surface area contributed by atoms with Gasteiger partial charge in [0.25, 0.3) is 0 Å². The van der Waals surface area contributed by atoms with Gasteiger partial charge in [0.05, 0.1) is 0 Å². The molecule has 4 aliphatic heterocycles. The van der Waals surface area contributed by atoms with Crippen molar-refractivity contribution in [1.29, 1.82) is 0 Å². The van der Waals surface area contributed by atoms with Crippen molar-refractivity contribution in [2.24, 2.45) is 16.7 Å². The van der Waals surface area contributed by atoms with Crippen LogP contribution in [0, 0.1) is 16.7 Å². The third-order valence-electron chi connectivity index (χ3n) is 10.7. The Labute approximate surface area is 196 Å². The number of hydrogen-bond acceptors (Lipinski definition) is 4. The number of halogens is 1. The molecule has 2 spiro atoms. The summed E-state index contributed by atoms with van der Waals surface area (Å²) < 4.78 is 14.4. The van der Waals surface area contributed by atoms with Crippen LogP contribution in [0.15, 0.2) is 0 Å². The summed E-state index contributed by atoms with van der Waals surface area (Å²) in [5.41, 5.74) is 0.219. The third-order valence-corrected chi connectivity index (χ3v) is 10.7. The fourth-order valence-electron chi connectivity index (χ4n) is 7.92. The molecule has 5 fully saturated rings. The fraction of sp³-hybridized carbons (Fsp3) is 1.00. The molecule has 4 saturated heterocycles. The maximum absolute atomic E-state index is 14.4. The molecule has 0 N–H and O–H groups in total. The minimum absolute atomic E-state index is 0.478. The van der Waals surface area contributed by atoms with Gasteiger partial charge in [0.15, 0.2) is 0 Å². The molecular weight excluding hydrogens is 399 g/mol. The zero-order chi connectivity index (χ0) is 22.6. The number of hydrogen-bond donors (Lipinski definition) is 0. The lowest BCUT2D eigenvalue weighted by Crippen LogP contribution is -2.61. The molecule has 1 aliphatic carbocycles. The molecule has 4 heterocycles. The van der Waals surface area contributed by atoms with Crippen LogP contribution in [0.25, 0.3) is 0 Å². The van der Waals surface area contributed by atoms with Gasteiger partial charge in [0.1, 0.15) is 5.67 Å². The summed E-state index contributed by atoms with van der Waals surface area (Å²) in [5.74, 6) is 0.772. The van der Waals surface area contributed by atoms with E-state index in [1.807, 2.05) is 0 Å². The van der Waals surface area contributed by atoms with E-state index in [2.05, 4.69) is 47.5 Å². The van der Waals surface area contributed by atoms with Crippen molar-refractivity contribution in [3.63, 3.8) is 0 Å². The summed E-state index contributed by atoms with van der Waals surface area (Å²) >= 11 is 0. The zero-order valence-electron chi connectivity index (χ0n) is 21.4. The highest BCUT2D eigenvalue weighted by Gasteiger charge is 2.53. The van der Waals surface area contributed by atoms with E-state index >= 15 is 0 Å². The first kappa shape index (κ1) is 23.5. The van der Waals surface area contributed by atoms with E-state index in [0.29, 0.717) is 23.4 Å². The van der Waals surface area contributed by atoms with Gasteiger partial charge in [-0.3, -0.25) is 0 Å². The van der Waals surface area contributed by atoms with Crippen LogP contribution in [0.1, 0.15) is 71.6 Å². The quantitative estimate of drug-likeness (QED) is 0.642. The average molecular weight is 449 g/mol. The van der Waals surface area contributed by atoms with Crippen molar-refractivity contribution in [1.82, 2.24) is 19.6 Å². The summed E-state index contributed by atoms with van der Waals surface area (Å²) in [4.78, 5) is 10.5. The molecule has 0 radical (unpaired) electrons. The number of nitrogens with zero attached hydrogens (tertiary/aromatic N) is 4. The number of likely N-dealkylation sites (tertiary alicyclic amines) is 4. The van der Waals surface area contributed by atoms with Crippen molar-refractivity contribution >= 4 is 0 Å². The lowest BCUT2D eigenvalue weighted by molar-refractivity contribution is -0.0872. The van der Waals surface area contributed by atoms with Crippen LogP contribution in [0.4, 0.5) is 4.39 Å². The summed E-state index contributed by atoms with van der Waals surface area (Å²) in [6.07, 6.45) is 11.1. The van der Waals surface area contributed by atoms with E-state index in [9.17, 15) is 4.39 Å². The Hall–Kier alpha value is -0.230. The molecule has 0 bridgehead atoms. The Bertz CT molecular complexity index is 646. The van der Waals surface area contributed by atoms with Gasteiger partial charge in [0, 0.05) is 25.2 Å². The molecule has 2 atom stereocenters. The fourth-order valence-corrected chi connectivity index (χ4v) is 7.92. The molecule has 2 unspecified atom stereocenters. The van der Waals surface area contributed by atoms with E-state index < -0.39 is 5.67 Å². The second-order valence-electron chi connectivity index (χ2n) is 13.0.